The Bertz CT molecular complexity index is 1490. The van der Waals surface area contributed by atoms with E-state index in [4.69, 9.17) is 4.74 Å². The van der Waals surface area contributed by atoms with Crippen LogP contribution in [0.5, 0.6) is 5.88 Å². The molecule has 1 saturated heterocycles. The molecule has 0 saturated carbocycles. The summed E-state index contributed by atoms with van der Waals surface area (Å²) in [5.41, 5.74) is -2.74. The molecular weight excluding hydrogens is 593 g/mol. The number of hydrogen-bond donors (Lipinski definition) is 1. The molecule has 1 unspecified atom stereocenters. The molecule has 2 aromatic carbocycles. The Balaban J connectivity index is 1.43. The van der Waals surface area contributed by atoms with Gasteiger partial charge in [0, 0.05) is 72.2 Å². The summed E-state index contributed by atoms with van der Waals surface area (Å²) < 4.78 is 52.3. The highest BCUT2D eigenvalue weighted by atomic mass is 79.9. The molecule has 3 heterocycles. The molecule has 2 aromatic heterocycles. The number of rotatable bonds is 8. The van der Waals surface area contributed by atoms with Crippen molar-refractivity contribution in [3.8, 4) is 5.88 Å². The average Bonchev–Trinajstić information content (AvgIpc) is 3.29. The molecule has 1 fully saturated rings. The van der Waals surface area contributed by atoms with Crippen molar-refractivity contribution in [2.75, 3.05) is 19.6 Å². The van der Waals surface area contributed by atoms with Crippen molar-refractivity contribution in [1.29, 1.82) is 0 Å². The first kappa shape index (κ1) is 28.1. The minimum atomic E-state index is -5.00. The molecule has 0 bridgehead atoms. The number of nitro groups is 1. The number of benzene rings is 2. The lowest BCUT2D eigenvalue weighted by atomic mass is 9.91. The van der Waals surface area contributed by atoms with E-state index in [0.717, 1.165) is 16.1 Å². The van der Waals surface area contributed by atoms with Crippen LogP contribution in [0.25, 0.3) is 10.9 Å². The van der Waals surface area contributed by atoms with Gasteiger partial charge in [-0.2, -0.15) is 13.2 Å². The lowest BCUT2D eigenvalue weighted by molar-refractivity contribution is -0.384. The zero-order valence-electron chi connectivity index (χ0n) is 21.2. The maximum absolute atomic E-state index is 14.7. The molecule has 0 radical (unpaired) electrons. The fourth-order valence-electron chi connectivity index (χ4n) is 5.07. The minimum Gasteiger partial charge on any atom is -0.474 e. The van der Waals surface area contributed by atoms with Crippen LogP contribution < -0.4 is 4.74 Å². The number of fused-ring (bicyclic) bond motifs is 1. The van der Waals surface area contributed by atoms with Gasteiger partial charge in [-0.3, -0.25) is 15.0 Å². The standard InChI is InChI=1S/C28H26BrF3N4O4/c29-20-6-9-26(33-15-20)40-22-10-12-34(13-11-22)18-27(37,28(30,31)32)24-17-35(16-19-4-2-1-3-5-19)25-14-21(36(38)39)7-8-23(24)25/h1-9,14-15,17,22,37H,10-13,16,18H2. The lowest BCUT2D eigenvalue weighted by Crippen LogP contribution is -2.53. The Morgan fingerprint density at radius 2 is 1.82 bits per heavy atom. The van der Waals surface area contributed by atoms with Crippen molar-refractivity contribution in [3.63, 3.8) is 0 Å². The first-order chi connectivity index (χ1) is 19.0. The summed E-state index contributed by atoms with van der Waals surface area (Å²) in [5, 5.41) is 22.9. The van der Waals surface area contributed by atoms with Gasteiger partial charge in [-0.25, -0.2) is 4.98 Å². The van der Waals surface area contributed by atoms with Crippen LogP contribution in [-0.2, 0) is 12.1 Å². The number of likely N-dealkylation sites (tertiary alicyclic amines) is 1. The second-order valence-electron chi connectivity index (χ2n) is 9.88. The number of alkyl halides is 3. The second kappa shape index (κ2) is 11.2. The van der Waals surface area contributed by atoms with Gasteiger partial charge in [-0.15, -0.1) is 0 Å². The summed E-state index contributed by atoms with van der Waals surface area (Å²) in [6.45, 7) is 0.0713. The number of nitrogens with zero attached hydrogens (tertiary/aromatic N) is 4. The Hall–Kier alpha value is -3.48. The van der Waals surface area contributed by atoms with Gasteiger partial charge in [0.05, 0.1) is 10.4 Å². The molecule has 0 aliphatic carbocycles. The number of halogens is 4. The first-order valence-corrected chi connectivity index (χ1v) is 13.4. The van der Waals surface area contributed by atoms with Gasteiger partial charge in [0.25, 0.3) is 5.69 Å². The summed E-state index contributed by atoms with van der Waals surface area (Å²) in [4.78, 5) is 16.6. The van der Waals surface area contributed by atoms with Crippen molar-refractivity contribution >= 4 is 32.5 Å². The summed E-state index contributed by atoms with van der Waals surface area (Å²) in [6.07, 6.45) is -1.41. The van der Waals surface area contributed by atoms with Crippen molar-refractivity contribution in [2.45, 2.75) is 37.3 Å². The normalized spacial score (nSPS) is 16.6. The summed E-state index contributed by atoms with van der Waals surface area (Å²) in [6, 6.07) is 16.3. The van der Waals surface area contributed by atoms with Crippen LogP contribution in [0.3, 0.4) is 0 Å². The van der Waals surface area contributed by atoms with E-state index in [1.165, 1.54) is 22.9 Å². The van der Waals surface area contributed by atoms with E-state index in [1.807, 2.05) is 18.2 Å². The molecule has 210 valence electrons. The van der Waals surface area contributed by atoms with Gasteiger partial charge in [0.15, 0.2) is 0 Å². The number of non-ortho nitro benzene ring substituents is 1. The predicted molar refractivity (Wildman–Crippen MR) is 146 cm³/mol. The van der Waals surface area contributed by atoms with Crippen LogP contribution >= 0.6 is 15.9 Å². The van der Waals surface area contributed by atoms with Crippen LogP contribution in [0.15, 0.2) is 77.5 Å². The Labute approximate surface area is 236 Å². The lowest BCUT2D eigenvalue weighted by Gasteiger charge is -2.38. The molecule has 40 heavy (non-hydrogen) atoms. The third kappa shape index (κ3) is 5.84. The summed E-state index contributed by atoms with van der Waals surface area (Å²) in [7, 11) is 0. The molecule has 1 aliphatic rings. The first-order valence-electron chi connectivity index (χ1n) is 12.6. The monoisotopic (exact) mass is 618 g/mol. The maximum atomic E-state index is 14.7. The van der Waals surface area contributed by atoms with Gasteiger partial charge in [-0.05, 0) is 46.5 Å². The average molecular weight is 619 g/mol. The third-order valence-corrected chi connectivity index (χ3v) is 7.63. The van der Waals surface area contributed by atoms with E-state index in [0.29, 0.717) is 18.7 Å². The second-order valence-corrected chi connectivity index (χ2v) is 10.8. The Kier molecular flexibility index (Phi) is 7.85. The molecule has 1 atom stereocenters. The number of pyridine rings is 1. The van der Waals surface area contributed by atoms with Crippen molar-refractivity contribution < 1.29 is 27.9 Å². The largest absolute Gasteiger partial charge is 0.474 e. The molecule has 5 rings (SSSR count). The van der Waals surface area contributed by atoms with Crippen LogP contribution in [0.1, 0.15) is 24.0 Å². The zero-order valence-corrected chi connectivity index (χ0v) is 22.8. The number of ether oxygens (including phenoxy) is 1. The van der Waals surface area contributed by atoms with Gasteiger partial charge in [0.2, 0.25) is 11.5 Å². The Morgan fingerprint density at radius 3 is 2.45 bits per heavy atom. The maximum Gasteiger partial charge on any atom is 0.422 e. The smallest absolute Gasteiger partial charge is 0.422 e. The van der Waals surface area contributed by atoms with E-state index in [9.17, 15) is 28.4 Å². The predicted octanol–water partition coefficient (Wildman–Crippen LogP) is 6.05. The molecular formula is C28H26BrF3N4O4. The van der Waals surface area contributed by atoms with Crippen molar-refractivity contribution in [3.05, 3.63) is 98.8 Å². The highest BCUT2D eigenvalue weighted by Gasteiger charge is 2.57. The van der Waals surface area contributed by atoms with Crippen LogP contribution in [-0.4, -0.2) is 56.4 Å². The van der Waals surface area contributed by atoms with Crippen LogP contribution in [0.4, 0.5) is 18.9 Å². The molecule has 4 aromatic rings. The summed E-state index contributed by atoms with van der Waals surface area (Å²) >= 11 is 3.31. The third-order valence-electron chi connectivity index (χ3n) is 7.16. The number of piperidine rings is 1. The van der Waals surface area contributed by atoms with Gasteiger partial charge in [-0.1, -0.05) is 30.3 Å². The van der Waals surface area contributed by atoms with Gasteiger partial charge >= 0.3 is 6.18 Å². The highest BCUT2D eigenvalue weighted by molar-refractivity contribution is 9.10. The molecule has 0 spiro atoms. The molecule has 12 heteroatoms. The van der Waals surface area contributed by atoms with E-state index in [2.05, 4.69) is 20.9 Å². The number of hydrogen-bond acceptors (Lipinski definition) is 6. The van der Waals surface area contributed by atoms with Crippen LogP contribution in [0, 0.1) is 10.1 Å². The van der Waals surface area contributed by atoms with E-state index in [1.54, 1.807) is 35.4 Å². The Morgan fingerprint density at radius 1 is 1.10 bits per heavy atom. The number of nitro benzene ring substituents is 1. The fourth-order valence-corrected chi connectivity index (χ4v) is 5.31. The van der Waals surface area contributed by atoms with Crippen molar-refractivity contribution in [2.24, 2.45) is 0 Å². The van der Waals surface area contributed by atoms with E-state index in [-0.39, 0.29) is 47.9 Å². The molecule has 8 nitrogen and oxygen atoms in total. The molecule has 0 amide bonds. The number of aromatic nitrogens is 2. The minimum absolute atomic E-state index is 0.112. The van der Waals surface area contributed by atoms with Crippen LogP contribution in [0.2, 0.25) is 0 Å². The topological polar surface area (TPSA) is 93.7 Å². The van der Waals surface area contributed by atoms with Gasteiger partial charge in [0.1, 0.15) is 6.10 Å². The summed E-state index contributed by atoms with van der Waals surface area (Å²) in [5.74, 6) is 0.439. The van der Waals surface area contributed by atoms with E-state index < -0.39 is 23.2 Å². The quantitative estimate of drug-likeness (QED) is 0.191. The fraction of sp³-hybridized carbons (Fsp3) is 0.321. The SMILES string of the molecule is O=[N+]([O-])c1ccc2c(C(O)(CN3CCC(Oc4ccc(Br)cn4)CC3)C(F)(F)F)cn(Cc3ccccc3)c2c1. The molecule has 1 aliphatic heterocycles. The number of β-amino-alcohol motifs (C(OH)–C–C–N with tert-alkyl or cyclic N) is 1. The van der Waals surface area contributed by atoms with Gasteiger partial charge < -0.3 is 14.4 Å². The molecule has 1 N–H and O–H groups in total. The van der Waals surface area contributed by atoms with Crippen molar-refractivity contribution in [1.82, 2.24) is 14.5 Å². The zero-order chi connectivity index (χ0) is 28.5. The number of aliphatic hydroxyl groups is 1. The highest BCUT2D eigenvalue weighted by Crippen LogP contribution is 2.44. The van der Waals surface area contributed by atoms with E-state index >= 15 is 0 Å².